The van der Waals surface area contributed by atoms with Crippen molar-refractivity contribution in [3.05, 3.63) is 53.1 Å². The minimum Gasteiger partial charge on any atom is -0.460 e. The zero-order valence-electron chi connectivity index (χ0n) is 35.4. The van der Waals surface area contributed by atoms with Gasteiger partial charge >= 0.3 is 24.1 Å². The van der Waals surface area contributed by atoms with Gasteiger partial charge in [0.2, 0.25) is 11.8 Å². The van der Waals surface area contributed by atoms with Crippen molar-refractivity contribution in [1.82, 2.24) is 10.2 Å². The second-order valence-electron chi connectivity index (χ2n) is 16.7. The fraction of sp³-hybridized carbons (Fsp3) is 0.659. The van der Waals surface area contributed by atoms with Crippen LogP contribution in [0.25, 0.3) is 6.08 Å². The second kappa shape index (κ2) is 22.0. The van der Waals surface area contributed by atoms with Gasteiger partial charge in [0.25, 0.3) is 0 Å². The predicted molar refractivity (Wildman–Crippen MR) is 214 cm³/mol. The molecule has 2 saturated heterocycles. The van der Waals surface area contributed by atoms with Gasteiger partial charge in [-0.3, -0.25) is 14.4 Å². The SMILES string of the molecule is CCCCCC1(CCCCC)O[C@@H]2[C@@H](C=C(C(=O)N3CCC[C@@H]3C(=O)N[C@H](CO)CCC(=O)OC(C)(C)C)C[C@H]2OC(=O)c2ccc(C=CC(=O)OCC(F)(F)F)cc2)O1. The molecule has 60 heavy (non-hydrogen) atoms. The number of fused-ring (bicyclic) bond motifs is 1. The molecule has 2 heterocycles. The largest absolute Gasteiger partial charge is 0.460 e. The molecular weight excluding hydrogens is 789 g/mol. The maximum Gasteiger partial charge on any atom is 0.422 e. The molecule has 2 N–H and O–H groups in total. The number of carbonyl (C=O) groups excluding carboxylic acids is 5. The standard InChI is InChI=1S/C44H61F3N2O11/c1-6-8-10-22-43(23-11-9-7-2)58-35-26-31(40(54)49-24-12-13-33(49)39(53)48-32(27-50)19-21-37(52)59-42(3,4)5)25-34(38(35)60-43)57-41(55)30-17-14-29(15-18-30)16-20-36(51)56-28-44(45,46)47/h14-18,20,26,32-35,38,50H,6-13,19,21-25,27-28H2,1-5H3,(H,48,53)/t32-,33+,34+,35+,38-/m0/s1. The Hall–Kier alpha value is -4.28. The molecule has 2 fully saturated rings. The summed E-state index contributed by atoms with van der Waals surface area (Å²) in [6.07, 6.45) is 4.64. The van der Waals surface area contributed by atoms with Crippen molar-refractivity contribution in [2.75, 3.05) is 19.8 Å². The molecule has 5 atom stereocenters. The Morgan fingerprint density at radius 2 is 1.67 bits per heavy atom. The average Bonchev–Trinajstić information content (AvgIpc) is 3.83. The molecule has 0 saturated carbocycles. The van der Waals surface area contributed by atoms with Crippen LogP contribution >= 0.6 is 0 Å². The van der Waals surface area contributed by atoms with E-state index in [0.29, 0.717) is 43.4 Å². The van der Waals surface area contributed by atoms with E-state index in [4.69, 9.17) is 18.9 Å². The van der Waals surface area contributed by atoms with Crippen molar-refractivity contribution in [2.24, 2.45) is 0 Å². The number of carbonyl (C=O) groups is 5. The first-order valence-electron chi connectivity index (χ1n) is 21.1. The molecule has 4 rings (SSSR count). The van der Waals surface area contributed by atoms with Crippen LogP contribution in [-0.4, -0.2) is 107 Å². The topological polar surface area (TPSA) is 167 Å². The van der Waals surface area contributed by atoms with E-state index in [1.54, 1.807) is 26.8 Å². The predicted octanol–water partition coefficient (Wildman–Crippen LogP) is 6.89. The number of rotatable bonds is 20. The third-order valence-corrected chi connectivity index (χ3v) is 10.5. The Morgan fingerprint density at radius 1 is 1.00 bits per heavy atom. The Kier molecular flexibility index (Phi) is 17.7. The number of nitrogens with zero attached hydrogens (tertiary/aromatic N) is 1. The molecule has 0 unspecified atom stereocenters. The van der Waals surface area contributed by atoms with E-state index in [1.165, 1.54) is 35.2 Å². The number of hydrogen-bond acceptors (Lipinski definition) is 11. The molecule has 3 aliphatic rings. The Labute approximate surface area is 350 Å². The van der Waals surface area contributed by atoms with Gasteiger partial charge in [-0.15, -0.1) is 0 Å². The lowest BCUT2D eigenvalue weighted by atomic mass is 9.91. The van der Waals surface area contributed by atoms with Gasteiger partial charge in [0, 0.05) is 43.9 Å². The number of esters is 3. The number of alkyl halides is 3. The van der Waals surface area contributed by atoms with Gasteiger partial charge in [0.1, 0.15) is 30.0 Å². The van der Waals surface area contributed by atoms with Crippen LogP contribution in [0.3, 0.4) is 0 Å². The summed E-state index contributed by atoms with van der Waals surface area (Å²) in [5, 5.41) is 12.8. The summed E-state index contributed by atoms with van der Waals surface area (Å²) in [6, 6.07) is 4.29. The molecule has 13 nitrogen and oxygen atoms in total. The molecule has 16 heteroatoms. The number of nitrogens with one attached hydrogen (secondary N) is 1. The molecule has 1 aromatic carbocycles. The third-order valence-electron chi connectivity index (χ3n) is 10.5. The summed E-state index contributed by atoms with van der Waals surface area (Å²) in [7, 11) is 0. The van der Waals surface area contributed by atoms with E-state index >= 15 is 0 Å². The summed E-state index contributed by atoms with van der Waals surface area (Å²) >= 11 is 0. The number of benzene rings is 1. The first-order chi connectivity index (χ1) is 28.4. The fourth-order valence-electron chi connectivity index (χ4n) is 7.55. The molecule has 1 aliphatic carbocycles. The summed E-state index contributed by atoms with van der Waals surface area (Å²) in [6.45, 7) is 7.63. The second-order valence-corrected chi connectivity index (χ2v) is 16.7. The van der Waals surface area contributed by atoms with Crippen molar-refractivity contribution in [3.8, 4) is 0 Å². The van der Waals surface area contributed by atoms with Crippen molar-refractivity contribution in [3.63, 3.8) is 0 Å². The van der Waals surface area contributed by atoms with Gasteiger partial charge in [-0.1, -0.05) is 51.7 Å². The number of hydrogen-bond donors (Lipinski definition) is 2. The van der Waals surface area contributed by atoms with E-state index in [0.717, 1.165) is 44.6 Å². The van der Waals surface area contributed by atoms with Crippen LogP contribution < -0.4 is 5.32 Å². The molecule has 0 spiro atoms. The van der Waals surface area contributed by atoms with Gasteiger partial charge in [-0.05, 0) is 82.7 Å². The van der Waals surface area contributed by atoms with Crippen LogP contribution in [0, 0.1) is 0 Å². The lowest BCUT2D eigenvalue weighted by molar-refractivity contribution is -0.190. The number of amides is 2. The molecule has 0 bridgehead atoms. The number of aliphatic hydroxyl groups excluding tert-OH is 1. The van der Waals surface area contributed by atoms with E-state index in [2.05, 4.69) is 23.9 Å². The average molecular weight is 851 g/mol. The number of unbranched alkanes of at least 4 members (excludes halogenated alkanes) is 4. The summed E-state index contributed by atoms with van der Waals surface area (Å²) in [5.41, 5.74) is 0.183. The lowest BCUT2D eigenvalue weighted by Crippen LogP contribution is -2.51. The van der Waals surface area contributed by atoms with Crippen molar-refractivity contribution < 1.29 is 65.9 Å². The quantitative estimate of drug-likeness (QED) is 0.0607. The van der Waals surface area contributed by atoms with Crippen molar-refractivity contribution in [2.45, 2.75) is 166 Å². The summed E-state index contributed by atoms with van der Waals surface area (Å²) in [5.74, 6) is -4.17. The van der Waals surface area contributed by atoms with Crippen LogP contribution in [0.15, 0.2) is 42.0 Å². The smallest absolute Gasteiger partial charge is 0.422 e. The van der Waals surface area contributed by atoms with Gasteiger partial charge in [-0.2, -0.15) is 13.2 Å². The first kappa shape index (κ1) is 48.4. The summed E-state index contributed by atoms with van der Waals surface area (Å²) < 4.78 is 66.2. The van der Waals surface area contributed by atoms with Crippen LogP contribution in [0.1, 0.15) is 134 Å². The molecule has 2 amide bonds. The molecule has 0 aromatic heterocycles. The zero-order valence-corrected chi connectivity index (χ0v) is 35.4. The number of halogens is 3. The van der Waals surface area contributed by atoms with Gasteiger partial charge in [-0.25, -0.2) is 9.59 Å². The fourth-order valence-corrected chi connectivity index (χ4v) is 7.55. The Bertz CT molecular complexity index is 1680. The molecule has 334 valence electrons. The highest BCUT2D eigenvalue weighted by Crippen LogP contribution is 2.43. The van der Waals surface area contributed by atoms with E-state index in [1.807, 2.05) is 0 Å². The first-order valence-corrected chi connectivity index (χ1v) is 21.1. The minimum atomic E-state index is -4.65. The van der Waals surface area contributed by atoms with E-state index in [-0.39, 0.29) is 24.8 Å². The van der Waals surface area contributed by atoms with E-state index < -0.39 is 90.9 Å². The maximum atomic E-state index is 14.4. The third kappa shape index (κ3) is 14.7. The highest BCUT2D eigenvalue weighted by Gasteiger charge is 2.53. The molecule has 0 radical (unpaired) electrons. The summed E-state index contributed by atoms with van der Waals surface area (Å²) in [4.78, 5) is 67.1. The van der Waals surface area contributed by atoms with Crippen LogP contribution in [0.5, 0.6) is 0 Å². The number of ether oxygens (including phenoxy) is 5. The van der Waals surface area contributed by atoms with Crippen LogP contribution in [-0.2, 0) is 42.9 Å². The van der Waals surface area contributed by atoms with Gasteiger partial charge in [0.15, 0.2) is 12.4 Å². The Balaban J connectivity index is 1.52. The number of aliphatic hydroxyl groups is 1. The highest BCUT2D eigenvalue weighted by molar-refractivity contribution is 5.98. The van der Waals surface area contributed by atoms with Gasteiger partial charge in [0.05, 0.1) is 18.2 Å². The number of likely N-dealkylation sites (tertiary alicyclic amines) is 1. The maximum absolute atomic E-state index is 14.4. The molecule has 1 aromatic rings. The van der Waals surface area contributed by atoms with Crippen LogP contribution in [0.2, 0.25) is 0 Å². The highest BCUT2D eigenvalue weighted by atomic mass is 19.4. The van der Waals surface area contributed by atoms with Crippen LogP contribution in [0.4, 0.5) is 13.2 Å². The Morgan fingerprint density at radius 3 is 2.27 bits per heavy atom. The van der Waals surface area contributed by atoms with Crippen molar-refractivity contribution in [1.29, 1.82) is 0 Å². The normalized spacial score (nSPS) is 21.9. The van der Waals surface area contributed by atoms with Gasteiger partial charge < -0.3 is 39.0 Å². The lowest BCUT2D eigenvalue weighted by Gasteiger charge is -2.33. The van der Waals surface area contributed by atoms with Crippen molar-refractivity contribution >= 4 is 35.8 Å². The zero-order chi connectivity index (χ0) is 44.1. The van der Waals surface area contributed by atoms with E-state index in [9.17, 15) is 42.3 Å². The molecule has 2 aliphatic heterocycles. The minimum absolute atomic E-state index is 0.0158. The molecular formula is C44H61F3N2O11. The monoisotopic (exact) mass is 850 g/mol.